The van der Waals surface area contributed by atoms with Crippen LogP contribution in [0.25, 0.3) is 0 Å². The maximum atomic E-state index is 9.95. The molecule has 0 saturated carbocycles. The molecule has 0 aromatic carbocycles. The van der Waals surface area contributed by atoms with Crippen molar-refractivity contribution in [2.45, 2.75) is 31.6 Å². The van der Waals surface area contributed by atoms with Gasteiger partial charge in [-0.05, 0) is 19.9 Å². The number of aryl methyl sites for hydroxylation is 1. The molecule has 1 aliphatic heterocycles. The van der Waals surface area contributed by atoms with E-state index < -0.39 is 6.10 Å². The second-order valence-electron chi connectivity index (χ2n) is 5.55. The molecule has 0 spiro atoms. The Labute approximate surface area is 120 Å². The summed E-state index contributed by atoms with van der Waals surface area (Å²) in [7, 11) is 3.88. The lowest BCUT2D eigenvalue weighted by molar-refractivity contribution is -0.0238. The van der Waals surface area contributed by atoms with Crippen LogP contribution in [0.4, 0.5) is 0 Å². The molecule has 1 fully saturated rings. The predicted octanol–water partition coefficient (Wildman–Crippen LogP) is 0.408. The molecular weight excluding hydrogens is 258 g/mol. The first-order chi connectivity index (χ1) is 9.63. The van der Waals surface area contributed by atoms with E-state index in [9.17, 15) is 5.11 Å². The van der Waals surface area contributed by atoms with E-state index in [0.29, 0.717) is 19.8 Å². The third kappa shape index (κ3) is 5.20. The summed E-state index contributed by atoms with van der Waals surface area (Å²) in [6.45, 7) is 3.14. The third-order valence-corrected chi connectivity index (χ3v) is 3.37. The second-order valence-corrected chi connectivity index (χ2v) is 5.55. The van der Waals surface area contributed by atoms with Crippen molar-refractivity contribution in [3.05, 3.63) is 18.0 Å². The lowest BCUT2D eigenvalue weighted by Gasteiger charge is -2.20. The minimum Gasteiger partial charge on any atom is -0.389 e. The smallest absolute Gasteiger partial charge is 0.0900 e. The molecule has 20 heavy (non-hydrogen) atoms. The number of likely N-dealkylation sites (N-methyl/N-ethyl adjacent to an activating group) is 1. The maximum Gasteiger partial charge on any atom is 0.0900 e. The fourth-order valence-electron chi connectivity index (χ4n) is 2.45. The predicted molar refractivity (Wildman–Crippen MR) is 75.3 cm³/mol. The SMILES string of the molecule is CN(Cc1cnn(C)c1)CC(O)COCC1CCCO1. The average Bonchev–Trinajstić information content (AvgIpc) is 3.01. The van der Waals surface area contributed by atoms with Crippen molar-refractivity contribution in [1.29, 1.82) is 0 Å². The van der Waals surface area contributed by atoms with Crippen LogP contribution in [0.15, 0.2) is 12.4 Å². The van der Waals surface area contributed by atoms with Crippen LogP contribution in [0.1, 0.15) is 18.4 Å². The van der Waals surface area contributed by atoms with Gasteiger partial charge < -0.3 is 14.6 Å². The Balaban J connectivity index is 1.59. The van der Waals surface area contributed by atoms with Crippen LogP contribution in [-0.4, -0.2) is 65.4 Å². The molecule has 1 N–H and O–H groups in total. The summed E-state index contributed by atoms with van der Waals surface area (Å²) in [4.78, 5) is 2.07. The Bertz CT molecular complexity index is 391. The highest BCUT2D eigenvalue weighted by molar-refractivity contribution is 5.02. The molecule has 1 saturated heterocycles. The number of hydrogen-bond donors (Lipinski definition) is 1. The van der Waals surface area contributed by atoms with Crippen molar-refractivity contribution in [3.63, 3.8) is 0 Å². The van der Waals surface area contributed by atoms with Gasteiger partial charge in [0.05, 0.1) is 31.6 Å². The summed E-state index contributed by atoms with van der Waals surface area (Å²) in [5, 5.41) is 14.1. The molecule has 1 aliphatic rings. The summed E-state index contributed by atoms with van der Waals surface area (Å²) in [5.74, 6) is 0. The highest BCUT2D eigenvalue weighted by atomic mass is 16.5. The van der Waals surface area contributed by atoms with Crippen LogP contribution >= 0.6 is 0 Å². The van der Waals surface area contributed by atoms with E-state index in [-0.39, 0.29) is 6.10 Å². The van der Waals surface area contributed by atoms with Crippen molar-refractivity contribution in [1.82, 2.24) is 14.7 Å². The summed E-state index contributed by atoms with van der Waals surface area (Å²) in [5.41, 5.74) is 1.14. The third-order valence-electron chi connectivity index (χ3n) is 3.37. The quantitative estimate of drug-likeness (QED) is 0.749. The lowest BCUT2D eigenvalue weighted by atomic mass is 10.2. The van der Waals surface area contributed by atoms with E-state index in [1.807, 2.05) is 26.5 Å². The maximum absolute atomic E-state index is 9.95. The molecular formula is C14H25N3O3. The van der Waals surface area contributed by atoms with Crippen molar-refractivity contribution < 1.29 is 14.6 Å². The van der Waals surface area contributed by atoms with Gasteiger partial charge in [0.2, 0.25) is 0 Å². The van der Waals surface area contributed by atoms with Crippen LogP contribution < -0.4 is 0 Å². The van der Waals surface area contributed by atoms with Crippen LogP contribution in [-0.2, 0) is 23.1 Å². The Morgan fingerprint density at radius 3 is 3.15 bits per heavy atom. The molecule has 6 heteroatoms. The van der Waals surface area contributed by atoms with Gasteiger partial charge in [0.1, 0.15) is 0 Å². The van der Waals surface area contributed by atoms with Crippen molar-refractivity contribution in [3.8, 4) is 0 Å². The fourth-order valence-corrected chi connectivity index (χ4v) is 2.45. The normalized spacial score (nSPS) is 20.7. The Kier molecular flexibility index (Phi) is 5.97. The van der Waals surface area contributed by atoms with E-state index in [0.717, 1.165) is 31.6 Å². The van der Waals surface area contributed by atoms with E-state index in [4.69, 9.17) is 9.47 Å². The molecule has 2 unspecified atom stereocenters. The summed E-state index contributed by atoms with van der Waals surface area (Å²) < 4.78 is 12.8. The summed E-state index contributed by atoms with van der Waals surface area (Å²) in [6, 6.07) is 0. The molecule has 2 rings (SSSR count). The summed E-state index contributed by atoms with van der Waals surface area (Å²) in [6.07, 6.45) is 5.75. The van der Waals surface area contributed by atoms with Gasteiger partial charge in [-0.3, -0.25) is 9.58 Å². The standard InChI is InChI=1S/C14H25N3O3/c1-16(7-12-6-15-17(2)8-12)9-13(18)10-19-11-14-4-3-5-20-14/h6,8,13-14,18H,3-5,7,9-11H2,1-2H3. The minimum atomic E-state index is -0.474. The highest BCUT2D eigenvalue weighted by Crippen LogP contribution is 2.12. The van der Waals surface area contributed by atoms with Crippen LogP contribution in [0.3, 0.4) is 0 Å². The largest absolute Gasteiger partial charge is 0.389 e. The van der Waals surface area contributed by atoms with Crippen LogP contribution in [0.2, 0.25) is 0 Å². The van der Waals surface area contributed by atoms with Gasteiger partial charge in [-0.25, -0.2) is 0 Å². The lowest BCUT2D eigenvalue weighted by Crippen LogP contribution is -2.32. The molecule has 2 heterocycles. The topological polar surface area (TPSA) is 59.8 Å². The molecule has 0 bridgehead atoms. The van der Waals surface area contributed by atoms with Crippen molar-refractivity contribution >= 4 is 0 Å². The van der Waals surface area contributed by atoms with Gasteiger partial charge in [0, 0.05) is 38.5 Å². The molecule has 0 radical (unpaired) electrons. The van der Waals surface area contributed by atoms with Gasteiger partial charge in [-0.1, -0.05) is 0 Å². The fraction of sp³-hybridized carbons (Fsp3) is 0.786. The molecule has 0 aliphatic carbocycles. The molecule has 114 valence electrons. The van der Waals surface area contributed by atoms with Gasteiger partial charge >= 0.3 is 0 Å². The zero-order valence-corrected chi connectivity index (χ0v) is 12.4. The van der Waals surface area contributed by atoms with E-state index in [2.05, 4.69) is 10.00 Å². The first kappa shape index (κ1) is 15.4. The number of hydrogen-bond acceptors (Lipinski definition) is 5. The van der Waals surface area contributed by atoms with Gasteiger partial charge in [0.25, 0.3) is 0 Å². The minimum absolute atomic E-state index is 0.218. The van der Waals surface area contributed by atoms with E-state index in [1.165, 1.54) is 0 Å². The molecule has 2 atom stereocenters. The molecule has 1 aromatic rings. The molecule has 6 nitrogen and oxygen atoms in total. The number of rotatable bonds is 8. The van der Waals surface area contributed by atoms with E-state index >= 15 is 0 Å². The van der Waals surface area contributed by atoms with Crippen molar-refractivity contribution in [2.75, 3.05) is 33.4 Å². The number of nitrogens with zero attached hydrogens (tertiary/aromatic N) is 3. The zero-order valence-electron chi connectivity index (χ0n) is 12.4. The number of ether oxygens (including phenoxy) is 2. The number of aromatic nitrogens is 2. The van der Waals surface area contributed by atoms with Gasteiger partial charge in [0.15, 0.2) is 0 Å². The Hall–Kier alpha value is -0.950. The first-order valence-electron chi connectivity index (χ1n) is 7.17. The first-order valence-corrected chi connectivity index (χ1v) is 7.17. The molecule has 0 amide bonds. The van der Waals surface area contributed by atoms with Gasteiger partial charge in [-0.2, -0.15) is 5.10 Å². The monoisotopic (exact) mass is 283 g/mol. The Morgan fingerprint density at radius 1 is 1.65 bits per heavy atom. The summed E-state index contributed by atoms with van der Waals surface area (Å²) >= 11 is 0. The highest BCUT2D eigenvalue weighted by Gasteiger charge is 2.16. The molecule has 1 aromatic heterocycles. The number of aliphatic hydroxyl groups is 1. The Morgan fingerprint density at radius 2 is 2.50 bits per heavy atom. The van der Waals surface area contributed by atoms with Crippen LogP contribution in [0.5, 0.6) is 0 Å². The number of aliphatic hydroxyl groups excluding tert-OH is 1. The van der Waals surface area contributed by atoms with E-state index in [1.54, 1.807) is 4.68 Å². The van der Waals surface area contributed by atoms with Crippen molar-refractivity contribution in [2.24, 2.45) is 7.05 Å². The van der Waals surface area contributed by atoms with Crippen LogP contribution in [0, 0.1) is 0 Å². The zero-order chi connectivity index (χ0) is 14.4. The second kappa shape index (κ2) is 7.73. The average molecular weight is 283 g/mol. The van der Waals surface area contributed by atoms with Gasteiger partial charge in [-0.15, -0.1) is 0 Å².